The molecule has 1 heterocycles. The number of phenols is 1. The number of azo groups is 1. The van der Waals surface area contributed by atoms with Crippen molar-refractivity contribution in [2.45, 2.75) is 6.54 Å². The van der Waals surface area contributed by atoms with Crippen LogP contribution in [0.5, 0.6) is 5.75 Å². The average Bonchev–Trinajstić information content (AvgIpc) is 3.03. The number of thioether (sulfide) groups is 1. The van der Waals surface area contributed by atoms with E-state index in [1.165, 1.54) is 12.1 Å². The van der Waals surface area contributed by atoms with Crippen LogP contribution >= 0.6 is 35.0 Å². The van der Waals surface area contributed by atoms with Gasteiger partial charge < -0.3 is 5.11 Å². The Kier molecular flexibility index (Phi) is 6.60. The second kappa shape index (κ2) is 9.56. The second-order valence-corrected chi connectivity index (χ2v) is 8.62. The van der Waals surface area contributed by atoms with Gasteiger partial charge in [-0.25, -0.2) is 0 Å². The molecule has 0 atom stereocenters. The van der Waals surface area contributed by atoms with E-state index in [-0.39, 0.29) is 17.2 Å². The van der Waals surface area contributed by atoms with E-state index in [4.69, 9.17) is 23.2 Å². The zero-order valence-electron chi connectivity index (χ0n) is 16.4. The minimum atomic E-state index is -0.453. The lowest BCUT2D eigenvalue weighted by molar-refractivity contribution is -0.123. The van der Waals surface area contributed by atoms with Crippen LogP contribution < -0.4 is 0 Å². The van der Waals surface area contributed by atoms with Gasteiger partial charge in [-0.2, -0.15) is 10.2 Å². The van der Waals surface area contributed by atoms with Crippen LogP contribution in [0, 0.1) is 0 Å². The van der Waals surface area contributed by atoms with E-state index in [2.05, 4.69) is 10.2 Å². The highest BCUT2D eigenvalue weighted by Gasteiger charge is 2.35. The van der Waals surface area contributed by atoms with Gasteiger partial charge in [0.05, 0.1) is 22.8 Å². The zero-order chi connectivity index (χ0) is 22.7. The molecule has 1 aliphatic heterocycles. The zero-order valence-corrected chi connectivity index (χ0v) is 18.7. The molecule has 1 N–H and O–H groups in total. The normalized spacial score (nSPS) is 15.3. The Labute approximate surface area is 198 Å². The molecular formula is C23H15Cl2N3O3S. The third-order valence-corrected chi connectivity index (χ3v) is 6.06. The van der Waals surface area contributed by atoms with Crippen molar-refractivity contribution in [3.8, 4) is 5.75 Å². The predicted molar refractivity (Wildman–Crippen MR) is 127 cm³/mol. The molecule has 32 heavy (non-hydrogen) atoms. The molecule has 6 nitrogen and oxygen atoms in total. The number of carbonyl (C=O) groups excluding carboxylic acids is 2. The maximum Gasteiger partial charge on any atom is 0.293 e. The maximum absolute atomic E-state index is 12.8. The molecule has 4 rings (SSSR count). The lowest BCUT2D eigenvalue weighted by Crippen LogP contribution is -2.27. The van der Waals surface area contributed by atoms with Crippen molar-refractivity contribution in [3.05, 3.63) is 92.8 Å². The molecule has 0 radical (unpaired) electrons. The third-order valence-electron chi connectivity index (χ3n) is 4.55. The summed E-state index contributed by atoms with van der Waals surface area (Å²) in [6, 6.07) is 18.6. The van der Waals surface area contributed by atoms with E-state index < -0.39 is 11.1 Å². The quantitative estimate of drug-likeness (QED) is 0.303. The van der Waals surface area contributed by atoms with E-state index in [0.29, 0.717) is 32.5 Å². The van der Waals surface area contributed by atoms with Crippen LogP contribution in [0.1, 0.15) is 11.1 Å². The SMILES string of the molecule is O=C1S/C(=C\c2cc(N=Nc3cccc(Cl)c3)ccc2O)C(=O)N1Cc1ccccc1Cl. The molecule has 9 heteroatoms. The average molecular weight is 484 g/mol. The van der Waals surface area contributed by atoms with Crippen LogP contribution in [0.3, 0.4) is 0 Å². The summed E-state index contributed by atoms with van der Waals surface area (Å²) in [4.78, 5) is 26.5. The first-order valence-corrected chi connectivity index (χ1v) is 11.0. The van der Waals surface area contributed by atoms with Crippen molar-refractivity contribution in [3.63, 3.8) is 0 Å². The fraction of sp³-hybridized carbons (Fsp3) is 0.0435. The van der Waals surface area contributed by atoms with Gasteiger partial charge in [0.1, 0.15) is 5.75 Å². The highest BCUT2D eigenvalue weighted by molar-refractivity contribution is 8.18. The molecule has 0 aliphatic carbocycles. The largest absolute Gasteiger partial charge is 0.507 e. The van der Waals surface area contributed by atoms with Crippen molar-refractivity contribution in [1.29, 1.82) is 0 Å². The molecule has 0 unspecified atom stereocenters. The van der Waals surface area contributed by atoms with Gasteiger partial charge in [0.25, 0.3) is 11.1 Å². The Morgan fingerprint density at radius 2 is 1.69 bits per heavy atom. The van der Waals surface area contributed by atoms with E-state index in [9.17, 15) is 14.7 Å². The number of phenolic OH excluding ortho intramolecular Hbond substituents is 1. The summed E-state index contributed by atoms with van der Waals surface area (Å²) < 4.78 is 0. The monoisotopic (exact) mass is 483 g/mol. The first kappa shape index (κ1) is 22.1. The summed E-state index contributed by atoms with van der Waals surface area (Å²) in [5.41, 5.74) is 2.05. The van der Waals surface area contributed by atoms with Gasteiger partial charge in [0.15, 0.2) is 0 Å². The summed E-state index contributed by atoms with van der Waals surface area (Å²) in [5, 5.41) is 19.1. The van der Waals surface area contributed by atoms with E-state index in [1.807, 2.05) is 0 Å². The number of hydrogen-bond donors (Lipinski definition) is 1. The summed E-state index contributed by atoms with van der Waals surface area (Å²) >= 11 is 12.9. The Balaban J connectivity index is 1.57. The summed E-state index contributed by atoms with van der Waals surface area (Å²) in [6.45, 7) is 0.0710. The van der Waals surface area contributed by atoms with Gasteiger partial charge >= 0.3 is 0 Å². The highest BCUT2D eigenvalue weighted by Crippen LogP contribution is 2.36. The van der Waals surface area contributed by atoms with Gasteiger partial charge in [-0.3, -0.25) is 14.5 Å². The molecule has 0 bridgehead atoms. The third kappa shape index (κ3) is 5.02. The summed E-state index contributed by atoms with van der Waals surface area (Å²) in [6.07, 6.45) is 1.46. The van der Waals surface area contributed by atoms with Crippen molar-refractivity contribution >= 4 is 63.6 Å². The van der Waals surface area contributed by atoms with Crippen molar-refractivity contribution in [2.24, 2.45) is 10.2 Å². The minimum Gasteiger partial charge on any atom is -0.507 e. The second-order valence-electron chi connectivity index (χ2n) is 6.78. The summed E-state index contributed by atoms with van der Waals surface area (Å²) in [5.74, 6) is -0.505. The predicted octanol–water partition coefficient (Wildman–Crippen LogP) is 7.35. The minimum absolute atomic E-state index is 0.0513. The Hall–Kier alpha value is -3.13. The Morgan fingerprint density at radius 3 is 2.44 bits per heavy atom. The van der Waals surface area contributed by atoms with Gasteiger partial charge in [0.2, 0.25) is 0 Å². The van der Waals surface area contributed by atoms with Crippen LogP contribution in [0.25, 0.3) is 6.08 Å². The first-order chi connectivity index (χ1) is 15.4. The van der Waals surface area contributed by atoms with Gasteiger partial charge in [-0.15, -0.1) is 0 Å². The molecule has 0 saturated carbocycles. The molecule has 2 amide bonds. The number of hydrogen-bond acceptors (Lipinski definition) is 6. The number of nitrogens with zero attached hydrogens (tertiary/aromatic N) is 3. The number of benzene rings is 3. The van der Waals surface area contributed by atoms with Crippen LogP contribution in [-0.2, 0) is 11.3 Å². The van der Waals surface area contributed by atoms with Crippen molar-refractivity contribution < 1.29 is 14.7 Å². The van der Waals surface area contributed by atoms with Gasteiger partial charge in [-0.05, 0) is 65.9 Å². The lowest BCUT2D eigenvalue weighted by Gasteiger charge is -2.13. The number of imide groups is 1. The molecule has 1 fully saturated rings. The van der Waals surface area contributed by atoms with Crippen molar-refractivity contribution in [2.75, 3.05) is 0 Å². The van der Waals surface area contributed by atoms with E-state index in [1.54, 1.807) is 60.7 Å². The number of amides is 2. The molecule has 3 aromatic carbocycles. The Morgan fingerprint density at radius 1 is 0.938 bits per heavy atom. The molecule has 3 aromatic rings. The topological polar surface area (TPSA) is 82.3 Å². The van der Waals surface area contributed by atoms with Crippen LogP contribution in [0.15, 0.2) is 81.9 Å². The van der Waals surface area contributed by atoms with E-state index in [0.717, 1.165) is 16.7 Å². The number of aromatic hydroxyl groups is 1. The fourth-order valence-electron chi connectivity index (χ4n) is 2.95. The van der Waals surface area contributed by atoms with Gasteiger partial charge in [-0.1, -0.05) is 47.5 Å². The standard InChI is InChI=1S/C23H15Cl2N3O3S/c24-16-5-3-6-17(12-16)26-27-18-8-9-20(29)15(10-18)11-21-22(30)28(23(31)32-21)13-14-4-1-2-7-19(14)25/h1-12,29H,13H2/b21-11-,27-26?. The molecule has 1 saturated heterocycles. The highest BCUT2D eigenvalue weighted by atomic mass is 35.5. The van der Waals surface area contributed by atoms with Crippen LogP contribution in [0.4, 0.5) is 16.2 Å². The summed E-state index contributed by atoms with van der Waals surface area (Å²) in [7, 11) is 0. The van der Waals surface area contributed by atoms with E-state index >= 15 is 0 Å². The molecule has 0 aromatic heterocycles. The van der Waals surface area contributed by atoms with Gasteiger partial charge in [0, 0.05) is 15.6 Å². The Bertz CT molecular complexity index is 1280. The fourth-order valence-corrected chi connectivity index (χ4v) is 4.16. The molecule has 160 valence electrons. The van der Waals surface area contributed by atoms with Crippen LogP contribution in [-0.4, -0.2) is 21.2 Å². The van der Waals surface area contributed by atoms with Crippen LogP contribution in [0.2, 0.25) is 10.0 Å². The smallest absolute Gasteiger partial charge is 0.293 e. The van der Waals surface area contributed by atoms with Crippen molar-refractivity contribution in [1.82, 2.24) is 4.90 Å². The molecule has 1 aliphatic rings. The number of rotatable bonds is 5. The molecule has 0 spiro atoms. The number of halogens is 2. The number of carbonyl (C=O) groups is 2. The first-order valence-electron chi connectivity index (χ1n) is 9.40. The maximum atomic E-state index is 12.8. The molecular weight excluding hydrogens is 469 g/mol. The lowest BCUT2D eigenvalue weighted by atomic mass is 10.1.